The summed E-state index contributed by atoms with van der Waals surface area (Å²) in [4.78, 5) is 11.6. The van der Waals surface area contributed by atoms with E-state index in [4.69, 9.17) is 0 Å². The van der Waals surface area contributed by atoms with Crippen LogP contribution in [0.15, 0.2) is 91.0 Å². The summed E-state index contributed by atoms with van der Waals surface area (Å²) in [6.07, 6.45) is 3.59. The third-order valence-electron chi connectivity index (χ3n) is 5.00. The van der Waals surface area contributed by atoms with Crippen LogP contribution >= 0.6 is 0 Å². The third-order valence-corrected chi connectivity index (χ3v) is 5.00. The minimum absolute atomic E-state index is 0.185. The third kappa shape index (κ3) is 4.75. The summed E-state index contributed by atoms with van der Waals surface area (Å²) < 4.78 is 26.3. The average molecular weight is 412 g/mol. The van der Waals surface area contributed by atoms with Gasteiger partial charge in [-0.25, -0.2) is 13.6 Å². The van der Waals surface area contributed by atoms with Gasteiger partial charge in [0.05, 0.1) is 5.56 Å². The molecule has 2 nitrogen and oxygen atoms in total. The fourth-order valence-electron chi connectivity index (χ4n) is 3.33. The highest BCUT2D eigenvalue weighted by Gasteiger charge is 2.10. The first-order valence-electron chi connectivity index (χ1n) is 9.67. The van der Waals surface area contributed by atoms with E-state index in [-0.39, 0.29) is 17.2 Å². The first-order chi connectivity index (χ1) is 15.0. The summed E-state index contributed by atoms with van der Waals surface area (Å²) in [6.45, 7) is 0. The highest BCUT2D eigenvalue weighted by atomic mass is 19.1. The fourth-order valence-corrected chi connectivity index (χ4v) is 3.33. The normalized spacial score (nSPS) is 11.0. The Hall–Kier alpha value is -4.05. The van der Waals surface area contributed by atoms with E-state index in [2.05, 4.69) is 0 Å². The van der Waals surface area contributed by atoms with Crippen molar-refractivity contribution in [3.63, 3.8) is 0 Å². The van der Waals surface area contributed by atoms with Crippen molar-refractivity contribution in [1.29, 1.82) is 0 Å². The van der Waals surface area contributed by atoms with Gasteiger partial charge in [0.2, 0.25) is 0 Å². The van der Waals surface area contributed by atoms with Crippen LogP contribution in [-0.2, 0) is 0 Å². The van der Waals surface area contributed by atoms with Crippen molar-refractivity contribution in [2.75, 3.05) is 0 Å². The van der Waals surface area contributed by atoms with Crippen molar-refractivity contribution in [2.45, 2.75) is 0 Å². The first kappa shape index (κ1) is 20.2. The lowest BCUT2D eigenvalue weighted by molar-refractivity contribution is 0.0696. The van der Waals surface area contributed by atoms with Gasteiger partial charge in [0.25, 0.3) is 0 Å². The van der Waals surface area contributed by atoms with Crippen LogP contribution in [0.2, 0.25) is 0 Å². The fraction of sp³-hybridized carbons (Fsp3) is 0. The molecule has 0 unspecified atom stereocenters. The first-order valence-corrected chi connectivity index (χ1v) is 9.67. The van der Waals surface area contributed by atoms with Gasteiger partial charge >= 0.3 is 5.97 Å². The Bertz CT molecular complexity index is 1240. The summed E-state index contributed by atoms with van der Waals surface area (Å²) in [5.41, 5.74) is 5.11. The highest BCUT2D eigenvalue weighted by Crippen LogP contribution is 2.25. The van der Waals surface area contributed by atoms with E-state index >= 15 is 0 Å². The van der Waals surface area contributed by atoms with Gasteiger partial charge in [-0.05, 0) is 69.8 Å². The number of hydrogen-bond acceptors (Lipinski definition) is 1. The predicted octanol–water partition coefficient (Wildman–Crippen LogP) is 7.17. The van der Waals surface area contributed by atoms with Gasteiger partial charge < -0.3 is 5.11 Å². The summed E-state index contributed by atoms with van der Waals surface area (Å²) in [5, 5.41) is 9.53. The zero-order chi connectivity index (χ0) is 21.8. The van der Waals surface area contributed by atoms with E-state index in [0.717, 1.165) is 27.8 Å². The Morgan fingerprint density at radius 2 is 1.06 bits per heavy atom. The van der Waals surface area contributed by atoms with E-state index < -0.39 is 5.97 Å². The van der Waals surface area contributed by atoms with Crippen LogP contribution in [-0.4, -0.2) is 11.1 Å². The molecule has 0 aromatic heterocycles. The predicted molar refractivity (Wildman–Crippen MR) is 120 cm³/mol. The summed E-state index contributed by atoms with van der Waals surface area (Å²) in [5.74, 6) is -1.62. The molecule has 0 amide bonds. The molecule has 0 heterocycles. The Labute approximate surface area is 178 Å². The summed E-state index contributed by atoms with van der Waals surface area (Å²) in [6, 6.07) is 25.1. The van der Waals surface area contributed by atoms with Gasteiger partial charge in [-0.15, -0.1) is 0 Å². The lowest BCUT2D eigenvalue weighted by Gasteiger charge is -2.07. The van der Waals surface area contributed by atoms with Crippen LogP contribution in [0.25, 0.3) is 34.4 Å². The van der Waals surface area contributed by atoms with Crippen LogP contribution in [0.5, 0.6) is 0 Å². The molecular weight excluding hydrogens is 394 g/mol. The zero-order valence-electron chi connectivity index (χ0n) is 16.4. The van der Waals surface area contributed by atoms with Gasteiger partial charge in [0.1, 0.15) is 11.6 Å². The lowest BCUT2D eigenvalue weighted by atomic mass is 9.98. The molecule has 0 aliphatic heterocycles. The number of hydrogen-bond donors (Lipinski definition) is 1. The van der Waals surface area contributed by atoms with Crippen LogP contribution in [0, 0.1) is 11.6 Å². The minimum Gasteiger partial charge on any atom is -0.478 e. The second kappa shape index (κ2) is 8.76. The number of carboxylic acids is 1. The molecule has 4 heteroatoms. The number of rotatable bonds is 5. The molecule has 0 fully saturated rings. The zero-order valence-corrected chi connectivity index (χ0v) is 16.4. The van der Waals surface area contributed by atoms with E-state index in [0.29, 0.717) is 5.56 Å². The molecule has 4 aromatic rings. The number of aromatic carboxylic acids is 1. The van der Waals surface area contributed by atoms with Crippen molar-refractivity contribution < 1.29 is 18.7 Å². The monoisotopic (exact) mass is 412 g/mol. The second-order valence-corrected chi connectivity index (χ2v) is 7.08. The van der Waals surface area contributed by atoms with E-state index in [1.54, 1.807) is 48.5 Å². The van der Waals surface area contributed by atoms with Crippen molar-refractivity contribution in [3.05, 3.63) is 119 Å². The van der Waals surface area contributed by atoms with Crippen LogP contribution in [0.3, 0.4) is 0 Å². The highest BCUT2D eigenvalue weighted by molar-refractivity contribution is 5.94. The van der Waals surface area contributed by atoms with Gasteiger partial charge in [-0.3, -0.25) is 0 Å². The molecule has 0 atom stereocenters. The maximum atomic E-state index is 13.2. The molecule has 0 aliphatic carbocycles. The number of carboxylic acid groups (broad SMARTS) is 1. The molecule has 0 aliphatic rings. The van der Waals surface area contributed by atoms with Gasteiger partial charge in [0, 0.05) is 0 Å². The Morgan fingerprint density at radius 1 is 0.613 bits per heavy atom. The largest absolute Gasteiger partial charge is 0.478 e. The molecule has 0 saturated carbocycles. The Morgan fingerprint density at radius 3 is 1.58 bits per heavy atom. The standard InChI is InChI=1S/C27H18F2O2/c28-24-12-7-20(8-13-24)19-4-1-18(2-5-19)3-6-23-17-22(11-16-26(23)27(30)31)21-9-14-25(29)15-10-21/h1-17H,(H,30,31). The second-order valence-electron chi connectivity index (χ2n) is 7.08. The van der Waals surface area contributed by atoms with Crippen molar-refractivity contribution in [1.82, 2.24) is 0 Å². The average Bonchev–Trinajstić information content (AvgIpc) is 2.79. The van der Waals surface area contributed by atoms with Crippen molar-refractivity contribution >= 4 is 18.1 Å². The SMILES string of the molecule is O=C(O)c1ccc(-c2ccc(F)cc2)cc1C=Cc1ccc(-c2ccc(F)cc2)cc1. The van der Waals surface area contributed by atoms with E-state index in [1.165, 1.54) is 24.3 Å². The molecule has 1 N–H and O–H groups in total. The number of benzene rings is 4. The van der Waals surface area contributed by atoms with Crippen LogP contribution in [0.4, 0.5) is 8.78 Å². The summed E-state index contributed by atoms with van der Waals surface area (Å²) >= 11 is 0. The van der Waals surface area contributed by atoms with Crippen molar-refractivity contribution in [2.24, 2.45) is 0 Å². The topological polar surface area (TPSA) is 37.3 Å². The van der Waals surface area contributed by atoms with Crippen molar-refractivity contribution in [3.8, 4) is 22.3 Å². The molecule has 152 valence electrons. The molecule has 31 heavy (non-hydrogen) atoms. The van der Waals surface area contributed by atoms with E-state index in [1.807, 2.05) is 30.3 Å². The molecular formula is C27H18F2O2. The lowest BCUT2D eigenvalue weighted by Crippen LogP contribution is -1.99. The number of carbonyl (C=O) groups is 1. The summed E-state index contributed by atoms with van der Waals surface area (Å²) in [7, 11) is 0. The molecule has 0 bridgehead atoms. The maximum absolute atomic E-state index is 13.2. The molecule has 4 rings (SSSR count). The molecule has 0 saturated heterocycles. The Balaban J connectivity index is 1.62. The molecule has 0 spiro atoms. The Kier molecular flexibility index (Phi) is 5.72. The van der Waals surface area contributed by atoms with Crippen LogP contribution < -0.4 is 0 Å². The smallest absolute Gasteiger partial charge is 0.336 e. The quantitative estimate of drug-likeness (QED) is 0.353. The van der Waals surface area contributed by atoms with E-state index in [9.17, 15) is 18.7 Å². The van der Waals surface area contributed by atoms with Gasteiger partial charge in [0.15, 0.2) is 0 Å². The molecule has 0 radical (unpaired) electrons. The maximum Gasteiger partial charge on any atom is 0.336 e. The van der Waals surface area contributed by atoms with Crippen LogP contribution in [0.1, 0.15) is 21.5 Å². The number of halogens is 2. The molecule has 4 aromatic carbocycles. The minimum atomic E-state index is -1.02. The van der Waals surface area contributed by atoms with Gasteiger partial charge in [-0.2, -0.15) is 0 Å². The van der Waals surface area contributed by atoms with Gasteiger partial charge in [-0.1, -0.05) is 66.7 Å².